The fourth-order valence-electron chi connectivity index (χ4n) is 1.32. The van der Waals surface area contributed by atoms with Gasteiger partial charge in [0, 0.05) is 12.6 Å². The van der Waals surface area contributed by atoms with Crippen molar-refractivity contribution < 1.29 is 4.92 Å². The first-order valence-electron chi connectivity index (χ1n) is 4.82. The van der Waals surface area contributed by atoms with Gasteiger partial charge in [-0.15, -0.1) is 0 Å². The van der Waals surface area contributed by atoms with Crippen molar-refractivity contribution >= 4 is 28.7 Å². The second kappa shape index (κ2) is 4.79. The molecule has 2 heterocycles. The molecule has 17 heavy (non-hydrogen) atoms. The number of rotatable bonds is 4. The lowest BCUT2D eigenvalue weighted by Gasteiger charge is -2.05. The number of anilines is 2. The lowest BCUT2D eigenvalue weighted by atomic mass is 10.3. The Labute approximate surface area is 101 Å². The summed E-state index contributed by atoms with van der Waals surface area (Å²) in [5.74, 6) is 0.449. The van der Waals surface area contributed by atoms with Crippen molar-refractivity contribution in [1.82, 2.24) is 4.98 Å². The van der Waals surface area contributed by atoms with Crippen molar-refractivity contribution in [3.63, 3.8) is 0 Å². The number of thiophene rings is 1. The third kappa shape index (κ3) is 2.70. The van der Waals surface area contributed by atoms with E-state index in [1.54, 1.807) is 11.3 Å². The molecule has 3 N–H and O–H groups in total. The van der Waals surface area contributed by atoms with Crippen LogP contribution in [0.5, 0.6) is 0 Å². The van der Waals surface area contributed by atoms with E-state index in [0.717, 1.165) is 5.56 Å². The van der Waals surface area contributed by atoms with Gasteiger partial charge in [-0.3, -0.25) is 10.1 Å². The van der Waals surface area contributed by atoms with Crippen LogP contribution in [0.15, 0.2) is 29.0 Å². The molecular formula is C10H10N4O2S. The first kappa shape index (κ1) is 11.3. The molecular weight excluding hydrogens is 240 g/mol. The highest BCUT2D eigenvalue weighted by atomic mass is 32.1. The molecule has 0 spiro atoms. The van der Waals surface area contributed by atoms with E-state index in [2.05, 4.69) is 10.3 Å². The molecule has 2 aromatic rings. The predicted octanol–water partition coefficient (Wildman–Crippen LogP) is 2.25. The van der Waals surface area contributed by atoms with E-state index in [1.165, 1.54) is 12.1 Å². The molecule has 0 aliphatic heterocycles. The number of hydrogen-bond acceptors (Lipinski definition) is 6. The molecule has 0 aliphatic carbocycles. The molecule has 0 bridgehead atoms. The summed E-state index contributed by atoms with van der Waals surface area (Å²) in [7, 11) is 0. The zero-order valence-corrected chi connectivity index (χ0v) is 9.61. The van der Waals surface area contributed by atoms with E-state index in [1.807, 2.05) is 16.8 Å². The van der Waals surface area contributed by atoms with Crippen LogP contribution in [0.2, 0.25) is 0 Å². The molecule has 0 atom stereocenters. The van der Waals surface area contributed by atoms with Crippen molar-refractivity contribution in [2.75, 3.05) is 11.1 Å². The average Bonchev–Trinajstić information content (AvgIpc) is 2.78. The normalized spacial score (nSPS) is 10.1. The smallest absolute Gasteiger partial charge is 0.311 e. The third-order valence-electron chi connectivity index (χ3n) is 2.13. The second-order valence-electron chi connectivity index (χ2n) is 3.35. The molecule has 0 amide bonds. The molecule has 7 heteroatoms. The minimum Gasteiger partial charge on any atom is -0.384 e. The molecule has 0 unspecified atom stereocenters. The quantitative estimate of drug-likeness (QED) is 0.641. The first-order valence-corrected chi connectivity index (χ1v) is 5.77. The maximum Gasteiger partial charge on any atom is 0.311 e. The van der Waals surface area contributed by atoms with E-state index in [0.29, 0.717) is 6.54 Å². The van der Waals surface area contributed by atoms with Crippen LogP contribution in [0.25, 0.3) is 0 Å². The summed E-state index contributed by atoms with van der Waals surface area (Å²) in [6.07, 6.45) is 0. The Morgan fingerprint density at radius 1 is 1.47 bits per heavy atom. The standard InChI is InChI=1S/C10H10N4O2S/c11-9-2-1-8(14(15)16)10(13-9)12-5-7-3-4-17-6-7/h1-4,6H,5H2,(H3,11,12,13). The lowest BCUT2D eigenvalue weighted by molar-refractivity contribution is -0.384. The summed E-state index contributed by atoms with van der Waals surface area (Å²) in [6.45, 7) is 0.487. The Balaban J connectivity index is 2.19. The summed E-state index contributed by atoms with van der Waals surface area (Å²) in [5.41, 5.74) is 6.48. The summed E-state index contributed by atoms with van der Waals surface area (Å²) in [6, 6.07) is 4.70. The van der Waals surface area contributed by atoms with Crippen molar-refractivity contribution in [2.45, 2.75) is 6.54 Å². The Morgan fingerprint density at radius 2 is 2.29 bits per heavy atom. The van der Waals surface area contributed by atoms with Crippen molar-refractivity contribution in [2.24, 2.45) is 0 Å². The Bertz CT molecular complexity index is 527. The number of nitrogens with one attached hydrogen (secondary N) is 1. The fourth-order valence-corrected chi connectivity index (χ4v) is 1.99. The van der Waals surface area contributed by atoms with E-state index in [-0.39, 0.29) is 17.3 Å². The van der Waals surface area contributed by atoms with Crippen LogP contribution in [-0.4, -0.2) is 9.91 Å². The second-order valence-corrected chi connectivity index (χ2v) is 4.13. The minimum atomic E-state index is -0.484. The lowest BCUT2D eigenvalue weighted by Crippen LogP contribution is -2.05. The number of aromatic nitrogens is 1. The third-order valence-corrected chi connectivity index (χ3v) is 2.86. The number of nitrogen functional groups attached to an aromatic ring is 1. The highest BCUT2D eigenvalue weighted by Gasteiger charge is 2.14. The van der Waals surface area contributed by atoms with Crippen LogP contribution in [0.1, 0.15) is 5.56 Å². The summed E-state index contributed by atoms with van der Waals surface area (Å²) in [4.78, 5) is 14.2. The Kier molecular flexibility index (Phi) is 3.20. The number of nitrogens with two attached hydrogens (primary N) is 1. The number of pyridine rings is 1. The molecule has 2 rings (SSSR count). The van der Waals surface area contributed by atoms with Crippen molar-refractivity contribution in [3.8, 4) is 0 Å². The maximum atomic E-state index is 10.8. The van der Waals surface area contributed by atoms with Gasteiger partial charge in [0.1, 0.15) is 5.82 Å². The molecule has 0 aliphatic rings. The first-order chi connectivity index (χ1) is 8.16. The van der Waals surface area contributed by atoms with Crippen LogP contribution < -0.4 is 11.1 Å². The summed E-state index contributed by atoms with van der Waals surface area (Å²) in [5, 5.41) is 17.6. The summed E-state index contributed by atoms with van der Waals surface area (Å²) >= 11 is 1.57. The SMILES string of the molecule is Nc1ccc([N+](=O)[O-])c(NCc2ccsc2)n1. The van der Waals surface area contributed by atoms with Crippen LogP contribution in [0.3, 0.4) is 0 Å². The van der Waals surface area contributed by atoms with Gasteiger partial charge < -0.3 is 11.1 Å². The van der Waals surface area contributed by atoms with Crippen LogP contribution in [0, 0.1) is 10.1 Å². The van der Waals surface area contributed by atoms with Crippen LogP contribution in [0.4, 0.5) is 17.3 Å². The topological polar surface area (TPSA) is 94.1 Å². The number of hydrogen-bond donors (Lipinski definition) is 2. The largest absolute Gasteiger partial charge is 0.384 e. The predicted molar refractivity (Wildman–Crippen MR) is 66.9 cm³/mol. The van der Waals surface area contributed by atoms with Gasteiger partial charge in [0.25, 0.3) is 0 Å². The zero-order chi connectivity index (χ0) is 12.3. The van der Waals surface area contributed by atoms with Gasteiger partial charge in [-0.2, -0.15) is 11.3 Å². The van der Waals surface area contributed by atoms with Gasteiger partial charge >= 0.3 is 5.69 Å². The van der Waals surface area contributed by atoms with E-state index in [4.69, 9.17) is 5.73 Å². The highest BCUT2D eigenvalue weighted by molar-refractivity contribution is 7.07. The van der Waals surface area contributed by atoms with Gasteiger partial charge in [0.15, 0.2) is 0 Å². The molecule has 88 valence electrons. The summed E-state index contributed by atoms with van der Waals surface area (Å²) < 4.78 is 0. The highest BCUT2D eigenvalue weighted by Crippen LogP contribution is 2.23. The van der Waals surface area contributed by atoms with Gasteiger partial charge in [-0.1, -0.05) is 0 Å². The molecule has 6 nitrogen and oxygen atoms in total. The average molecular weight is 250 g/mol. The number of nitro groups is 1. The van der Waals surface area contributed by atoms with Crippen molar-refractivity contribution in [1.29, 1.82) is 0 Å². The van der Waals surface area contributed by atoms with Gasteiger partial charge in [-0.25, -0.2) is 4.98 Å². The van der Waals surface area contributed by atoms with Crippen LogP contribution >= 0.6 is 11.3 Å². The van der Waals surface area contributed by atoms with Gasteiger partial charge in [0.05, 0.1) is 4.92 Å². The monoisotopic (exact) mass is 250 g/mol. The van der Waals surface area contributed by atoms with Crippen molar-refractivity contribution in [3.05, 3.63) is 44.6 Å². The van der Waals surface area contributed by atoms with E-state index >= 15 is 0 Å². The van der Waals surface area contributed by atoms with Crippen LogP contribution in [-0.2, 0) is 6.54 Å². The minimum absolute atomic E-state index is 0.0746. The van der Waals surface area contributed by atoms with E-state index < -0.39 is 4.92 Å². The van der Waals surface area contributed by atoms with Gasteiger partial charge in [-0.05, 0) is 28.5 Å². The molecule has 0 saturated carbocycles. The Morgan fingerprint density at radius 3 is 2.94 bits per heavy atom. The Hall–Kier alpha value is -2.15. The molecule has 2 aromatic heterocycles. The molecule has 0 aromatic carbocycles. The van der Waals surface area contributed by atoms with Gasteiger partial charge in [0.2, 0.25) is 5.82 Å². The fraction of sp³-hybridized carbons (Fsp3) is 0.100. The maximum absolute atomic E-state index is 10.8. The number of nitrogens with zero attached hydrogens (tertiary/aromatic N) is 2. The molecule has 0 saturated heterocycles. The zero-order valence-electron chi connectivity index (χ0n) is 8.79. The van der Waals surface area contributed by atoms with E-state index in [9.17, 15) is 10.1 Å². The molecule has 0 radical (unpaired) electrons. The molecule has 0 fully saturated rings.